The predicted octanol–water partition coefficient (Wildman–Crippen LogP) is 2.22. The van der Waals surface area contributed by atoms with Crippen molar-refractivity contribution < 1.29 is 14.7 Å². The Morgan fingerprint density at radius 3 is 2.48 bits per heavy atom. The van der Waals surface area contributed by atoms with E-state index in [0.717, 1.165) is 4.90 Å². The Hall–Kier alpha value is -3.20. The molecule has 0 aliphatic rings. The molecule has 0 atom stereocenters. The van der Waals surface area contributed by atoms with Crippen molar-refractivity contribution in [2.45, 2.75) is 10.1 Å². The van der Waals surface area contributed by atoms with Gasteiger partial charge in [-0.3, -0.25) is 4.79 Å². The maximum Gasteiger partial charge on any atom is 0.337 e. The van der Waals surface area contributed by atoms with E-state index in [2.05, 4.69) is 25.9 Å². The van der Waals surface area contributed by atoms with Crippen molar-refractivity contribution in [2.24, 2.45) is 0 Å². The van der Waals surface area contributed by atoms with Gasteiger partial charge in [-0.1, -0.05) is 41.2 Å². The van der Waals surface area contributed by atoms with Crippen LogP contribution < -0.4 is 5.32 Å². The summed E-state index contributed by atoms with van der Waals surface area (Å²) in [5.41, 5.74) is 0.291. The molecule has 1 aromatic heterocycles. The number of para-hydroxylation sites is 1. The third kappa shape index (κ3) is 4.01. The normalized spacial score (nSPS) is 10.6. The van der Waals surface area contributed by atoms with E-state index >= 15 is 0 Å². The highest BCUT2D eigenvalue weighted by Gasteiger charge is 2.21. The van der Waals surface area contributed by atoms with Crippen molar-refractivity contribution in [3.63, 3.8) is 0 Å². The molecular formula is C16H14N5O3S. The van der Waals surface area contributed by atoms with E-state index in [0.29, 0.717) is 5.16 Å². The van der Waals surface area contributed by atoms with E-state index in [1.165, 1.54) is 6.07 Å². The van der Waals surface area contributed by atoms with Crippen molar-refractivity contribution in [3.8, 4) is 0 Å². The van der Waals surface area contributed by atoms with Crippen LogP contribution in [-0.2, 0) is 4.79 Å². The number of anilines is 1. The summed E-state index contributed by atoms with van der Waals surface area (Å²) in [6, 6.07) is 15.6. The molecule has 1 heterocycles. The van der Waals surface area contributed by atoms with E-state index in [1.54, 1.807) is 18.2 Å². The standard InChI is InChI=1S/C16H14N5O3S/c22-14(17-13-9-5-4-8-12(13)15(23)24)10-25(16-18-20-21-19-16)11-6-2-1-3-7-11/h1-9H,10H2,(H,17,22)(H,23,24)(H,18,19,20,21). The number of carboxylic acid groups (broad SMARTS) is 1. The molecule has 0 saturated heterocycles. The van der Waals surface area contributed by atoms with Crippen LogP contribution in [0.2, 0.25) is 0 Å². The molecule has 25 heavy (non-hydrogen) atoms. The number of aromatic nitrogens is 4. The summed E-state index contributed by atoms with van der Waals surface area (Å²) in [4.78, 5) is 24.6. The van der Waals surface area contributed by atoms with E-state index in [-0.39, 0.29) is 22.9 Å². The molecule has 8 nitrogen and oxygen atoms in total. The van der Waals surface area contributed by atoms with Gasteiger partial charge in [-0.15, -0.1) is 10.2 Å². The second-order valence-corrected chi connectivity index (χ2v) is 6.85. The summed E-state index contributed by atoms with van der Waals surface area (Å²) in [6.45, 7) is 0. The number of benzene rings is 2. The lowest BCUT2D eigenvalue weighted by Gasteiger charge is -2.16. The first-order chi connectivity index (χ1) is 12.1. The van der Waals surface area contributed by atoms with Gasteiger partial charge in [0.25, 0.3) is 0 Å². The van der Waals surface area contributed by atoms with Crippen LogP contribution in [-0.4, -0.2) is 43.4 Å². The summed E-state index contributed by atoms with van der Waals surface area (Å²) >= 11 is 0. The Morgan fingerprint density at radius 2 is 1.80 bits per heavy atom. The lowest BCUT2D eigenvalue weighted by molar-refractivity contribution is -0.113. The van der Waals surface area contributed by atoms with Crippen LogP contribution in [0.1, 0.15) is 10.4 Å². The van der Waals surface area contributed by atoms with Crippen molar-refractivity contribution in [1.82, 2.24) is 20.6 Å². The number of nitrogens with one attached hydrogen (secondary N) is 2. The minimum atomic E-state index is -1.10. The SMILES string of the molecule is O=C(C[S](c1ccccc1)c1nn[nH]n1)Nc1ccccc1C(=O)O. The molecule has 0 saturated carbocycles. The Morgan fingerprint density at radius 1 is 1.08 bits per heavy atom. The van der Waals surface area contributed by atoms with E-state index in [4.69, 9.17) is 0 Å². The van der Waals surface area contributed by atoms with Gasteiger partial charge in [0, 0.05) is 4.90 Å². The van der Waals surface area contributed by atoms with Crippen LogP contribution in [0.3, 0.4) is 0 Å². The maximum atomic E-state index is 12.5. The van der Waals surface area contributed by atoms with Crippen molar-refractivity contribution in [2.75, 3.05) is 11.1 Å². The van der Waals surface area contributed by atoms with E-state index < -0.39 is 16.9 Å². The fraction of sp³-hybridized carbons (Fsp3) is 0.0625. The highest BCUT2D eigenvalue weighted by atomic mass is 32.2. The Bertz CT molecular complexity index is 870. The average molecular weight is 356 g/mol. The maximum absolute atomic E-state index is 12.5. The molecule has 0 aliphatic carbocycles. The molecule has 2 aromatic carbocycles. The van der Waals surface area contributed by atoms with Gasteiger partial charge in [0.2, 0.25) is 11.1 Å². The first kappa shape index (κ1) is 16.7. The number of aromatic amines is 1. The van der Waals surface area contributed by atoms with Gasteiger partial charge in [0.05, 0.1) is 17.0 Å². The van der Waals surface area contributed by atoms with Crippen LogP contribution in [0.25, 0.3) is 0 Å². The zero-order valence-electron chi connectivity index (χ0n) is 12.9. The number of carbonyl (C=O) groups is 2. The van der Waals surface area contributed by atoms with E-state index in [9.17, 15) is 14.7 Å². The largest absolute Gasteiger partial charge is 0.478 e. The third-order valence-electron chi connectivity index (χ3n) is 3.28. The summed E-state index contributed by atoms with van der Waals surface area (Å²) < 4.78 is 0. The first-order valence-corrected chi connectivity index (χ1v) is 8.66. The highest BCUT2D eigenvalue weighted by molar-refractivity contribution is 8.17. The summed E-state index contributed by atoms with van der Waals surface area (Å²) in [7, 11) is -0.717. The number of rotatable bonds is 6. The number of hydrogen-bond donors (Lipinski definition) is 3. The number of aromatic carboxylic acids is 1. The number of carbonyl (C=O) groups excluding carboxylic acids is 1. The molecule has 1 amide bonds. The van der Waals surface area contributed by atoms with Crippen LogP contribution in [0.15, 0.2) is 64.6 Å². The zero-order chi connectivity index (χ0) is 17.6. The number of tetrazole rings is 1. The summed E-state index contributed by atoms with van der Waals surface area (Å²) in [6.07, 6.45) is 0. The quantitative estimate of drug-likeness (QED) is 0.623. The van der Waals surface area contributed by atoms with Gasteiger partial charge < -0.3 is 10.4 Å². The van der Waals surface area contributed by atoms with E-state index in [1.807, 2.05) is 30.3 Å². The molecule has 3 aromatic rings. The minimum Gasteiger partial charge on any atom is -0.478 e. The Kier molecular flexibility index (Phi) is 5.05. The molecule has 127 valence electrons. The number of hydrogen-bond acceptors (Lipinski definition) is 5. The van der Waals surface area contributed by atoms with Gasteiger partial charge >= 0.3 is 5.97 Å². The fourth-order valence-corrected chi connectivity index (χ4v) is 3.81. The monoisotopic (exact) mass is 356 g/mol. The van der Waals surface area contributed by atoms with Crippen LogP contribution >= 0.6 is 10.9 Å². The summed E-state index contributed by atoms with van der Waals surface area (Å²) in [5.74, 6) is -1.35. The van der Waals surface area contributed by atoms with Gasteiger partial charge in [-0.2, -0.15) is 5.21 Å². The smallest absolute Gasteiger partial charge is 0.337 e. The van der Waals surface area contributed by atoms with Crippen molar-refractivity contribution in [1.29, 1.82) is 0 Å². The van der Waals surface area contributed by atoms with Crippen LogP contribution in [0, 0.1) is 0 Å². The van der Waals surface area contributed by atoms with Gasteiger partial charge in [0.15, 0.2) is 0 Å². The highest BCUT2D eigenvalue weighted by Crippen LogP contribution is 2.41. The lowest BCUT2D eigenvalue weighted by Crippen LogP contribution is -2.19. The summed E-state index contributed by atoms with van der Waals surface area (Å²) in [5, 5.41) is 26.2. The number of nitrogens with zero attached hydrogens (tertiary/aromatic N) is 3. The minimum absolute atomic E-state index is 0.0370. The second-order valence-electron chi connectivity index (χ2n) is 4.94. The van der Waals surface area contributed by atoms with Crippen LogP contribution in [0.4, 0.5) is 5.69 Å². The Labute approximate surface area is 145 Å². The van der Waals surface area contributed by atoms with Gasteiger partial charge in [-0.05, 0) is 29.5 Å². The molecule has 0 fully saturated rings. The molecule has 0 bridgehead atoms. The fourth-order valence-electron chi connectivity index (χ4n) is 2.19. The molecule has 3 N–H and O–H groups in total. The van der Waals surface area contributed by atoms with Gasteiger partial charge in [-0.25, -0.2) is 4.79 Å². The average Bonchev–Trinajstić information content (AvgIpc) is 3.15. The number of carboxylic acids is 1. The molecule has 1 radical (unpaired) electrons. The first-order valence-electron chi connectivity index (χ1n) is 7.26. The topological polar surface area (TPSA) is 121 Å². The molecule has 3 rings (SSSR count). The van der Waals surface area contributed by atoms with Crippen LogP contribution in [0.5, 0.6) is 0 Å². The Balaban J connectivity index is 1.81. The molecule has 0 unspecified atom stereocenters. The van der Waals surface area contributed by atoms with Gasteiger partial charge in [0.1, 0.15) is 0 Å². The molecular weight excluding hydrogens is 342 g/mol. The van der Waals surface area contributed by atoms with Crippen molar-refractivity contribution >= 4 is 28.5 Å². The molecule has 0 spiro atoms. The molecule has 9 heteroatoms. The van der Waals surface area contributed by atoms with Crippen molar-refractivity contribution in [3.05, 3.63) is 60.2 Å². The molecule has 0 aliphatic heterocycles. The number of amides is 1. The second kappa shape index (κ2) is 7.58. The predicted molar refractivity (Wildman–Crippen MR) is 91.6 cm³/mol. The third-order valence-corrected chi connectivity index (χ3v) is 5.29. The zero-order valence-corrected chi connectivity index (χ0v) is 13.7. The number of H-pyrrole nitrogens is 1. The lowest BCUT2D eigenvalue weighted by atomic mass is 10.2.